The number of halogens is 1. The number of aryl methyl sites for hydroxylation is 1. The van der Waals surface area contributed by atoms with E-state index >= 15 is 0 Å². The Labute approximate surface area is 154 Å². The van der Waals surface area contributed by atoms with Crippen LogP contribution in [0.4, 0.5) is 0 Å². The van der Waals surface area contributed by atoms with Crippen LogP contribution in [0.1, 0.15) is 24.2 Å². The SMILES string of the molecule is Cc1nc2ccccc2n1CC1CCN(Cc2cccc(Cl)c2)CC1. The second-order valence-electron chi connectivity index (χ2n) is 7.11. The molecule has 0 atom stereocenters. The lowest BCUT2D eigenvalue weighted by Crippen LogP contribution is -2.34. The number of imidazole rings is 1. The lowest BCUT2D eigenvalue weighted by molar-refractivity contribution is 0.167. The summed E-state index contributed by atoms with van der Waals surface area (Å²) in [4.78, 5) is 7.24. The molecule has 130 valence electrons. The van der Waals surface area contributed by atoms with Crippen LogP contribution in [0.2, 0.25) is 5.02 Å². The summed E-state index contributed by atoms with van der Waals surface area (Å²) in [7, 11) is 0. The van der Waals surface area contributed by atoms with Crippen LogP contribution in [-0.4, -0.2) is 27.5 Å². The number of para-hydroxylation sites is 2. The summed E-state index contributed by atoms with van der Waals surface area (Å²) in [5.74, 6) is 1.86. The summed E-state index contributed by atoms with van der Waals surface area (Å²) in [6, 6.07) is 16.7. The molecule has 4 heteroatoms. The van der Waals surface area contributed by atoms with E-state index in [9.17, 15) is 0 Å². The van der Waals surface area contributed by atoms with E-state index in [0.29, 0.717) is 0 Å². The first-order valence-electron chi connectivity index (χ1n) is 9.08. The molecule has 3 aromatic rings. The standard InChI is InChI=1S/C21H24ClN3/c1-16-23-20-7-2-3-8-21(20)25(16)15-17-9-11-24(12-10-17)14-18-5-4-6-19(22)13-18/h2-8,13,17H,9-12,14-15H2,1H3. The monoisotopic (exact) mass is 353 g/mol. The minimum Gasteiger partial charge on any atom is -0.328 e. The van der Waals surface area contributed by atoms with Gasteiger partial charge in [0.15, 0.2) is 0 Å². The van der Waals surface area contributed by atoms with Gasteiger partial charge >= 0.3 is 0 Å². The summed E-state index contributed by atoms with van der Waals surface area (Å²) in [6.07, 6.45) is 2.49. The van der Waals surface area contributed by atoms with Gasteiger partial charge in [-0.25, -0.2) is 4.98 Å². The molecule has 1 aromatic heterocycles. The molecule has 0 saturated carbocycles. The molecule has 1 fully saturated rings. The number of rotatable bonds is 4. The molecule has 0 radical (unpaired) electrons. The van der Waals surface area contributed by atoms with Gasteiger partial charge in [0, 0.05) is 18.1 Å². The molecule has 0 N–H and O–H groups in total. The van der Waals surface area contributed by atoms with Crippen LogP contribution in [-0.2, 0) is 13.1 Å². The second-order valence-corrected chi connectivity index (χ2v) is 7.54. The maximum absolute atomic E-state index is 6.10. The number of benzene rings is 2. The zero-order valence-electron chi connectivity index (χ0n) is 14.7. The van der Waals surface area contributed by atoms with Crippen LogP contribution in [0.5, 0.6) is 0 Å². The highest BCUT2D eigenvalue weighted by Crippen LogP contribution is 2.24. The predicted octanol–water partition coefficient (Wildman–Crippen LogP) is 4.91. The van der Waals surface area contributed by atoms with Gasteiger partial charge in [0.05, 0.1) is 11.0 Å². The van der Waals surface area contributed by atoms with Gasteiger partial charge < -0.3 is 4.57 Å². The molecule has 0 unspecified atom stereocenters. The van der Waals surface area contributed by atoms with E-state index in [1.54, 1.807) is 0 Å². The van der Waals surface area contributed by atoms with Gasteiger partial charge in [0.25, 0.3) is 0 Å². The van der Waals surface area contributed by atoms with E-state index in [1.165, 1.54) is 23.9 Å². The predicted molar refractivity (Wildman–Crippen MR) is 104 cm³/mol. The minimum absolute atomic E-state index is 0.729. The van der Waals surface area contributed by atoms with Crippen LogP contribution >= 0.6 is 11.6 Å². The molecule has 2 aromatic carbocycles. The van der Waals surface area contributed by atoms with Crippen molar-refractivity contribution in [3.8, 4) is 0 Å². The molecular weight excluding hydrogens is 330 g/mol. The normalized spacial score (nSPS) is 16.6. The second kappa shape index (κ2) is 7.19. The van der Waals surface area contributed by atoms with Crippen LogP contribution in [0.15, 0.2) is 48.5 Å². The lowest BCUT2D eigenvalue weighted by Gasteiger charge is -2.32. The number of aromatic nitrogens is 2. The molecule has 1 aliphatic heterocycles. The molecule has 2 heterocycles. The van der Waals surface area contributed by atoms with Crippen molar-refractivity contribution >= 4 is 22.6 Å². The van der Waals surface area contributed by atoms with E-state index in [-0.39, 0.29) is 0 Å². The van der Waals surface area contributed by atoms with Crippen molar-refractivity contribution in [1.29, 1.82) is 0 Å². The number of nitrogens with zero attached hydrogens (tertiary/aromatic N) is 3. The highest BCUT2D eigenvalue weighted by Gasteiger charge is 2.21. The molecule has 0 bridgehead atoms. The topological polar surface area (TPSA) is 21.1 Å². The number of likely N-dealkylation sites (tertiary alicyclic amines) is 1. The highest BCUT2D eigenvalue weighted by molar-refractivity contribution is 6.30. The highest BCUT2D eigenvalue weighted by atomic mass is 35.5. The third-order valence-electron chi connectivity index (χ3n) is 5.29. The Hall–Kier alpha value is -1.84. The summed E-state index contributed by atoms with van der Waals surface area (Å²) in [5, 5.41) is 0.829. The largest absolute Gasteiger partial charge is 0.328 e. The number of fused-ring (bicyclic) bond motifs is 1. The maximum atomic E-state index is 6.10. The van der Waals surface area contributed by atoms with Crippen molar-refractivity contribution in [3.63, 3.8) is 0 Å². The average molecular weight is 354 g/mol. The zero-order valence-corrected chi connectivity index (χ0v) is 15.4. The molecule has 3 nitrogen and oxygen atoms in total. The van der Waals surface area contributed by atoms with Gasteiger partial charge in [-0.3, -0.25) is 4.90 Å². The Bertz CT molecular complexity index is 862. The fourth-order valence-electron chi connectivity index (χ4n) is 3.91. The molecule has 25 heavy (non-hydrogen) atoms. The van der Waals surface area contributed by atoms with E-state index in [2.05, 4.69) is 52.8 Å². The average Bonchev–Trinajstić information content (AvgIpc) is 2.92. The summed E-state index contributed by atoms with van der Waals surface area (Å²) >= 11 is 6.10. The molecule has 1 saturated heterocycles. The van der Waals surface area contributed by atoms with E-state index in [1.807, 2.05) is 12.1 Å². The maximum Gasteiger partial charge on any atom is 0.106 e. The van der Waals surface area contributed by atoms with Crippen molar-refractivity contribution in [1.82, 2.24) is 14.5 Å². The quantitative estimate of drug-likeness (QED) is 0.664. The van der Waals surface area contributed by atoms with Crippen molar-refractivity contribution in [2.45, 2.75) is 32.9 Å². The van der Waals surface area contributed by atoms with E-state index in [4.69, 9.17) is 16.6 Å². The van der Waals surface area contributed by atoms with Gasteiger partial charge in [-0.15, -0.1) is 0 Å². The van der Waals surface area contributed by atoms with E-state index < -0.39 is 0 Å². The first-order valence-corrected chi connectivity index (χ1v) is 9.45. The van der Waals surface area contributed by atoms with Crippen LogP contribution in [0.3, 0.4) is 0 Å². The van der Waals surface area contributed by atoms with Gasteiger partial charge in [-0.05, 0) is 68.6 Å². The molecule has 0 amide bonds. The van der Waals surface area contributed by atoms with E-state index in [0.717, 1.165) is 48.5 Å². The Morgan fingerprint density at radius 2 is 1.88 bits per heavy atom. The third-order valence-corrected chi connectivity index (χ3v) is 5.52. The summed E-state index contributed by atoms with van der Waals surface area (Å²) < 4.78 is 2.40. The van der Waals surface area contributed by atoms with Crippen LogP contribution < -0.4 is 0 Å². The summed E-state index contributed by atoms with van der Waals surface area (Å²) in [5.41, 5.74) is 3.68. The lowest BCUT2D eigenvalue weighted by atomic mass is 9.96. The fraction of sp³-hybridized carbons (Fsp3) is 0.381. The first kappa shape index (κ1) is 16.6. The molecule has 1 aliphatic rings. The third kappa shape index (κ3) is 3.73. The number of hydrogen-bond acceptors (Lipinski definition) is 2. The van der Waals surface area contributed by atoms with Gasteiger partial charge in [0.1, 0.15) is 5.82 Å². The Morgan fingerprint density at radius 1 is 1.08 bits per heavy atom. The van der Waals surface area contributed by atoms with Crippen LogP contribution in [0.25, 0.3) is 11.0 Å². The van der Waals surface area contributed by atoms with Crippen molar-refractivity contribution in [2.24, 2.45) is 5.92 Å². The first-order chi connectivity index (χ1) is 12.2. The van der Waals surface area contributed by atoms with Gasteiger partial charge in [-0.1, -0.05) is 35.9 Å². The Morgan fingerprint density at radius 3 is 2.68 bits per heavy atom. The van der Waals surface area contributed by atoms with Gasteiger partial charge in [-0.2, -0.15) is 0 Å². The number of piperidine rings is 1. The van der Waals surface area contributed by atoms with Crippen molar-refractivity contribution < 1.29 is 0 Å². The molecule has 0 aliphatic carbocycles. The van der Waals surface area contributed by atoms with Crippen molar-refractivity contribution in [3.05, 3.63) is 64.9 Å². The molecule has 4 rings (SSSR count). The Kier molecular flexibility index (Phi) is 4.78. The minimum atomic E-state index is 0.729. The Balaban J connectivity index is 1.38. The smallest absolute Gasteiger partial charge is 0.106 e. The molecule has 0 spiro atoms. The van der Waals surface area contributed by atoms with Crippen LogP contribution in [0, 0.1) is 12.8 Å². The molecular formula is C21H24ClN3. The zero-order chi connectivity index (χ0) is 17.2. The van der Waals surface area contributed by atoms with Gasteiger partial charge in [0.2, 0.25) is 0 Å². The summed E-state index contributed by atoms with van der Waals surface area (Å²) in [6.45, 7) is 6.51. The number of hydrogen-bond donors (Lipinski definition) is 0. The fourth-order valence-corrected chi connectivity index (χ4v) is 4.12. The van der Waals surface area contributed by atoms with Crippen molar-refractivity contribution in [2.75, 3.05) is 13.1 Å².